The Morgan fingerprint density at radius 2 is 2.18 bits per heavy atom. The SMILES string of the molecule is Cc1ccc(F)c(S(N)=O)c1. The lowest BCUT2D eigenvalue weighted by molar-refractivity contribution is 0.595. The topological polar surface area (TPSA) is 43.1 Å². The first-order chi connectivity index (χ1) is 5.11. The highest BCUT2D eigenvalue weighted by molar-refractivity contribution is 7.82. The van der Waals surface area contributed by atoms with Crippen LogP contribution in [0.4, 0.5) is 4.39 Å². The summed E-state index contributed by atoms with van der Waals surface area (Å²) in [5, 5.41) is 5.02. The first kappa shape index (κ1) is 8.36. The van der Waals surface area contributed by atoms with Crippen molar-refractivity contribution in [2.45, 2.75) is 11.8 Å². The molecule has 1 atom stereocenters. The van der Waals surface area contributed by atoms with Crippen molar-refractivity contribution in [3.05, 3.63) is 29.6 Å². The molecule has 0 spiro atoms. The Labute approximate surface area is 66.8 Å². The van der Waals surface area contributed by atoms with Crippen molar-refractivity contribution in [2.75, 3.05) is 0 Å². The number of rotatable bonds is 1. The van der Waals surface area contributed by atoms with E-state index in [1.807, 2.05) is 0 Å². The Balaban J connectivity index is 3.23. The molecule has 60 valence electrons. The fourth-order valence-corrected chi connectivity index (χ4v) is 1.33. The van der Waals surface area contributed by atoms with E-state index >= 15 is 0 Å². The molecular formula is C7H8FNOS. The van der Waals surface area contributed by atoms with Crippen LogP contribution in [-0.4, -0.2) is 4.21 Å². The van der Waals surface area contributed by atoms with Gasteiger partial charge in [-0.2, -0.15) is 0 Å². The van der Waals surface area contributed by atoms with E-state index in [4.69, 9.17) is 5.14 Å². The van der Waals surface area contributed by atoms with Crippen molar-refractivity contribution in [3.8, 4) is 0 Å². The standard InChI is InChI=1S/C7H8FNOS/c1-5-2-3-6(8)7(4-5)11(9)10/h2-4H,9H2,1H3. The van der Waals surface area contributed by atoms with Gasteiger partial charge in [-0.25, -0.2) is 13.7 Å². The van der Waals surface area contributed by atoms with Gasteiger partial charge in [-0.1, -0.05) is 6.07 Å². The Bertz CT molecular complexity index is 300. The highest BCUT2D eigenvalue weighted by Gasteiger charge is 2.05. The highest BCUT2D eigenvalue weighted by Crippen LogP contribution is 2.11. The molecular weight excluding hydrogens is 165 g/mol. The third-order valence-corrected chi connectivity index (χ3v) is 2.05. The van der Waals surface area contributed by atoms with Crippen molar-refractivity contribution >= 4 is 11.0 Å². The maximum absolute atomic E-state index is 12.7. The summed E-state index contributed by atoms with van der Waals surface area (Å²) in [5.41, 5.74) is 0.847. The monoisotopic (exact) mass is 173 g/mol. The molecule has 2 N–H and O–H groups in total. The number of aryl methyl sites for hydroxylation is 1. The second-order valence-electron chi connectivity index (χ2n) is 2.23. The number of hydrogen-bond acceptors (Lipinski definition) is 1. The molecule has 0 aliphatic rings. The van der Waals surface area contributed by atoms with Crippen molar-refractivity contribution < 1.29 is 8.60 Å². The Morgan fingerprint density at radius 3 is 2.64 bits per heavy atom. The fraction of sp³-hybridized carbons (Fsp3) is 0.143. The summed E-state index contributed by atoms with van der Waals surface area (Å²) in [5.74, 6) is -0.517. The maximum Gasteiger partial charge on any atom is 0.140 e. The molecule has 1 aromatic carbocycles. The van der Waals surface area contributed by atoms with E-state index in [0.717, 1.165) is 5.56 Å². The summed E-state index contributed by atoms with van der Waals surface area (Å²) in [7, 11) is -1.73. The summed E-state index contributed by atoms with van der Waals surface area (Å²) < 4.78 is 23.4. The number of halogens is 1. The maximum atomic E-state index is 12.7. The summed E-state index contributed by atoms with van der Waals surface area (Å²) in [6.07, 6.45) is 0. The van der Waals surface area contributed by atoms with E-state index in [0.29, 0.717) is 0 Å². The number of hydrogen-bond donors (Lipinski definition) is 1. The summed E-state index contributed by atoms with van der Waals surface area (Å²) >= 11 is 0. The van der Waals surface area contributed by atoms with Gasteiger partial charge in [0.05, 0.1) is 4.90 Å². The van der Waals surface area contributed by atoms with Crippen LogP contribution in [0.2, 0.25) is 0 Å². The van der Waals surface area contributed by atoms with Gasteiger partial charge in [0.15, 0.2) is 0 Å². The van der Waals surface area contributed by atoms with Crippen LogP contribution in [0, 0.1) is 12.7 Å². The quantitative estimate of drug-likeness (QED) is 0.679. The predicted octanol–water partition coefficient (Wildman–Crippen LogP) is 1.12. The molecule has 0 bridgehead atoms. The molecule has 0 fully saturated rings. The third-order valence-electron chi connectivity index (χ3n) is 1.30. The molecule has 11 heavy (non-hydrogen) atoms. The third kappa shape index (κ3) is 1.85. The van der Waals surface area contributed by atoms with Gasteiger partial charge in [0.25, 0.3) is 0 Å². The molecule has 0 aliphatic heterocycles. The van der Waals surface area contributed by atoms with E-state index in [9.17, 15) is 8.60 Å². The molecule has 0 saturated carbocycles. The molecule has 0 aliphatic carbocycles. The van der Waals surface area contributed by atoms with Crippen LogP contribution in [-0.2, 0) is 11.0 Å². The van der Waals surface area contributed by atoms with Gasteiger partial charge in [-0.3, -0.25) is 0 Å². The van der Waals surface area contributed by atoms with Gasteiger partial charge in [-0.05, 0) is 24.6 Å². The zero-order valence-electron chi connectivity index (χ0n) is 6.00. The lowest BCUT2D eigenvalue weighted by Gasteiger charge is -1.98. The van der Waals surface area contributed by atoms with Crippen molar-refractivity contribution in [3.63, 3.8) is 0 Å². The second-order valence-corrected chi connectivity index (χ2v) is 3.27. The molecule has 0 amide bonds. The van der Waals surface area contributed by atoms with Crippen LogP contribution in [0.15, 0.2) is 23.1 Å². The van der Waals surface area contributed by atoms with E-state index in [1.165, 1.54) is 12.1 Å². The summed E-state index contributed by atoms with van der Waals surface area (Å²) in [4.78, 5) is 0.0602. The minimum absolute atomic E-state index is 0.0602. The fourth-order valence-electron chi connectivity index (χ4n) is 0.765. The van der Waals surface area contributed by atoms with Gasteiger partial charge in [0.2, 0.25) is 0 Å². The molecule has 1 rings (SSSR count). The largest absolute Gasteiger partial charge is 0.247 e. The molecule has 1 aromatic rings. The Hall–Kier alpha value is -0.740. The first-order valence-electron chi connectivity index (χ1n) is 3.03. The highest BCUT2D eigenvalue weighted by atomic mass is 32.2. The Kier molecular flexibility index (Phi) is 2.36. The molecule has 0 radical (unpaired) electrons. The first-order valence-corrected chi connectivity index (χ1v) is 4.25. The number of benzene rings is 1. The van der Waals surface area contributed by atoms with Crippen LogP contribution in [0.5, 0.6) is 0 Å². The predicted molar refractivity (Wildman–Crippen MR) is 41.7 cm³/mol. The molecule has 0 aromatic heterocycles. The van der Waals surface area contributed by atoms with Gasteiger partial charge in [-0.15, -0.1) is 0 Å². The van der Waals surface area contributed by atoms with Crippen molar-refractivity contribution in [1.29, 1.82) is 0 Å². The van der Waals surface area contributed by atoms with Crippen molar-refractivity contribution in [1.82, 2.24) is 0 Å². The average molecular weight is 173 g/mol. The summed E-state index contributed by atoms with van der Waals surface area (Å²) in [6.45, 7) is 1.79. The number of nitrogens with two attached hydrogens (primary N) is 1. The second kappa shape index (κ2) is 3.11. The van der Waals surface area contributed by atoms with Crippen molar-refractivity contribution in [2.24, 2.45) is 5.14 Å². The molecule has 1 unspecified atom stereocenters. The smallest absolute Gasteiger partial charge is 0.140 e. The Morgan fingerprint density at radius 1 is 1.55 bits per heavy atom. The van der Waals surface area contributed by atoms with E-state index in [-0.39, 0.29) is 4.90 Å². The van der Waals surface area contributed by atoms with Crippen LogP contribution >= 0.6 is 0 Å². The van der Waals surface area contributed by atoms with Gasteiger partial charge >= 0.3 is 0 Å². The molecule has 0 saturated heterocycles. The minimum atomic E-state index is -1.73. The minimum Gasteiger partial charge on any atom is -0.247 e. The molecule has 4 heteroatoms. The van der Waals surface area contributed by atoms with Crippen LogP contribution in [0.25, 0.3) is 0 Å². The zero-order chi connectivity index (χ0) is 8.43. The lowest BCUT2D eigenvalue weighted by atomic mass is 10.2. The van der Waals surface area contributed by atoms with E-state index in [2.05, 4.69) is 0 Å². The molecule has 2 nitrogen and oxygen atoms in total. The van der Waals surface area contributed by atoms with E-state index in [1.54, 1.807) is 13.0 Å². The normalized spacial score (nSPS) is 13.0. The molecule has 0 heterocycles. The average Bonchev–Trinajstić information content (AvgIpc) is 1.94. The van der Waals surface area contributed by atoms with Gasteiger partial charge in [0, 0.05) is 0 Å². The van der Waals surface area contributed by atoms with Gasteiger partial charge < -0.3 is 0 Å². The van der Waals surface area contributed by atoms with E-state index < -0.39 is 16.8 Å². The summed E-state index contributed by atoms with van der Waals surface area (Å²) in [6, 6.07) is 4.34. The van der Waals surface area contributed by atoms with Crippen LogP contribution < -0.4 is 5.14 Å². The van der Waals surface area contributed by atoms with Gasteiger partial charge in [0.1, 0.15) is 16.8 Å². The van der Waals surface area contributed by atoms with Crippen LogP contribution in [0.3, 0.4) is 0 Å². The lowest BCUT2D eigenvalue weighted by Crippen LogP contribution is -2.05. The van der Waals surface area contributed by atoms with Crippen LogP contribution in [0.1, 0.15) is 5.56 Å². The zero-order valence-corrected chi connectivity index (χ0v) is 6.82.